The second-order valence-corrected chi connectivity index (χ2v) is 5.13. The summed E-state index contributed by atoms with van der Waals surface area (Å²) in [6.07, 6.45) is 0.00676. The van der Waals surface area contributed by atoms with E-state index in [2.05, 4.69) is 29.6 Å². The zero-order valence-electron chi connectivity index (χ0n) is 11.5. The van der Waals surface area contributed by atoms with Crippen molar-refractivity contribution in [2.24, 2.45) is 0 Å². The largest absolute Gasteiger partial charge is 0.328 e. The second kappa shape index (κ2) is 5.47. The fraction of sp³-hybridized carbons (Fsp3) is 0.235. The molecule has 3 nitrogen and oxygen atoms in total. The van der Waals surface area contributed by atoms with E-state index in [0.717, 1.165) is 0 Å². The summed E-state index contributed by atoms with van der Waals surface area (Å²) in [6, 6.07) is 20.7. The van der Waals surface area contributed by atoms with E-state index in [4.69, 9.17) is 0 Å². The molecule has 1 aliphatic rings. The molecule has 3 rings (SSSR count). The zero-order valence-corrected chi connectivity index (χ0v) is 11.5. The highest BCUT2D eigenvalue weighted by atomic mass is 16.2. The molecule has 1 aliphatic heterocycles. The Morgan fingerprint density at radius 3 is 1.90 bits per heavy atom. The van der Waals surface area contributed by atoms with Gasteiger partial charge in [0, 0.05) is 13.0 Å². The summed E-state index contributed by atoms with van der Waals surface area (Å²) < 4.78 is 0. The van der Waals surface area contributed by atoms with Crippen LogP contribution in [0.25, 0.3) is 0 Å². The van der Waals surface area contributed by atoms with Gasteiger partial charge in [-0.3, -0.25) is 10.1 Å². The van der Waals surface area contributed by atoms with E-state index in [0.29, 0.717) is 6.54 Å². The van der Waals surface area contributed by atoms with Crippen LogP contribution in [0.2, 0.25) is 0 Å². The topological polar surface area (TPSA) is 32.3 Å². The van der Waals surface area contributed by atoms with Gasteiger partial charge in [-0.25, -0.2) is 0 Å². The van der Waals surface area contributed by atoms with E-state index in [1.807, 2.05) is 48.3 Å². The van der Waals surface area contributed by atoms with Gasteiger partial charge in [0.1, 0.15) is 0 Å². The quantitative estimate of drug-likeness (QED) is 0.923. The van der Waals surface area contributed by atoms with Crippen molar-refractivity contribution in [3.8, 4) is 0 Å². The molecule has 1 atom stereocenters. The maximum Gasteiger partial charge on any atom is 0.237 e. The van der Waals surface area contributed by atoms with Crippen molar-refractivity contribution in [2.75, 3.05) is 13.6 Å². The van der Waals surface area contributed by atoms with Crippen molar-refractivity contribution in [1.29, 1.82) is 0 Å². The van der Waals surface area contributed by atoms with Crippen molar-refractivity contribution in [2.45, 2.75) is 12.1 Å². The molecule has 2 aromatic rings. The first-order valence-corrected chi connectivity index (χ1v) is 6.86. The van der Waals surface area contributed by atoms with Crippen LogP contribution >= 0.6 is 0 Å². The van der Waals surface area contributed by atoms with Gasteiger partial charge in [-0.2, -0.15) is 0 Å². The number of likely N-dealkylation sites (N-methyl/N-ethyl adjacent to an activating group) is 1. The molecule has 102 valence electrons. The van der Waals surface area contributed by atoms with Gasteiger partial charge in [0.2, 0.25) is 5.91 Å². The number of benzene rings is 2. The van der Waals surface area contributed by atoms with Crippen LogP contribution < -0.4 is 5.32 Å². The maximum atomic E-state index is 11.8. The number of hydrogen-bond donors (Lipinski definition) is 1. The van der Waals surface area contributed by atoms with Crippen molar-refractivity contribution < 1.29 is 4.79 Å². The zero-order chi connectivity index (χ0) is 13.9. The molecule has 0 saturated carbocycles. The minimum atomic E-state index is 0.00676. The van der Waals surface area contributed by atoms with Crippen LogP contribution in [0.5, 0.6) is 0 Å². The molecule has 1 unspecified atom stereocenters. The smallest absolute Gasteiger partial charge is 0.237 e. The van der Waals surface area contributed by atoms with Gasteiger partial charge in [-0.15, -0.1) is 0 Å². The predicted molar refractivity (Wildman–Crippen MR) is 79.3 cm³/mol. The van der Waals surface area contributed by atoms with E-state index >= 15 is 0 Å². The highest BCUT2D eigenvalue weighted by Crippen LogP contribution is 2.30. The maximum absolute atomic E-state index is 11.8. The second-order valence-electron chi connectivity index (χ2n) is 5.13. The summed E-state index contributed by atoms with van der Waals surface area (Å²) in [7, 11) is 1.87. The molecule has 2 aromatic carbocycles. The molecule has 3 heteroatoms. The van der Waals surface area contributed by atoms with Gasteiger partial charge in [0.05, 0.1) is 12.7 Å². The first-order valence-electron chi connectivity index (χ1n) is 6.86. The number of nitrogens with zero attached hydrogens (tertiary/aromatic N) is 1. The van der Waals surface area contributed by atoms with Crippen LogP contribution in [0.4, 0.5) is 0 Å². The Morgan fingerprint density at radius 1 is 1.00 bits per heavy atom. The SMILES string of the molecule is CN1C(=O)CNC1C(c1ccccc1)c1ccccc1. The lowest BCUT2D eigenvalue weighted by atomic mass is 9.88. The molecule has 0 spiro atoms. The Kier molecular flexibility index (Phi) is 3.52. The lowest BCUT2D eigenvalue weighted by Crippen LogP contribution is -2.40. The van der Waals surface area contributed by atoms with Crippen LogP contribution in [0, 0.1) is 0 Å². The van der Waals surface area contributed by atoms with Gasteiger partial charge in [0.15, 0.2) is 0 Å². The molecule has 1 heterocycles. The first kappa shape index (κ1) is 12.9. The summed E-state index contributed by atoms with van der Waals surface area (Å²) in [5, 5.41) is 3.33. The minimum Gasteiger partial charge on any atom is -0.328 e. The third-order valence-electron chi connectivity index (χ3n) is 3.91. The molecule has 0 bridgehead atoms. The van der Waals surface area contributed by atoms with Crippen molar-refractivity contribution in [3.63, 3.8) is 0 Å². The number of rotatable bonds is 3. The third-order valence-corrected chi connectivity index (χ3v) is 3.91. The number of hydrogen-bond acceptors (Lipinski definition) is 2. The van der Waals surface area contributed by atoms with Crippen LogP contribution in [-0.4, -0.2) is 30.6 Å². The first-order chi connectivity index (χ1) is 9.77. The molecular weight excluding hydrogens is 248 g/mol. The molecule has 0 radical (unpaired) electrons. The Balaban J connectivity index is 2.03. The Labute approximate surface area is 119 Å². The number of carbonyl (C=O) groups is 1. The van der Waals surface area contributed by atoms with E-state index < -0.39 is 0 Å². The molecule has 0 aliphatic carbocycles. The normalized spacial score (nSPS) is 18.8. The minimum absolute atomic E-state index is 0.00676. The summed E-state index contributed by atoms with van der Waals surface area (Å²) in [5.41, 5.74) is 2.44. The molecular formula is C17H18N2O. The van der Waals surface area contributed by atoms with Gasteiger partial charge >= 0.3 is 0 Å². The van der Waals surface area contributed by atoms with Gasteiger partial charge in [-0.1, -0.05) is 60.7 Å². The Morgan fingerprint density at radius 2 is 1.50 bits per heavy atom. The van der Waals surface area contributed by atoms with Gasteiger partial charge < -0.3 is 4.90 Å². The Bertz CT molecular complexity index is 543. The lowest BCUT2D eigenvalue weighted by Gasteiger charge is -2.29. The molecule has 1 saturated heterocycles. The summed E-state index contributed by atoms with van der Waals surface area (Å²) in [5.74, 6) is 0.292. The van der Waals surface area contributed by atoms with Gasteiger partial charge in [-0.05, 0) is 11.1 Å². The third kappa shape index (κ3) is 2.32. The summed E-state index contributed by atoms with van der Waals surface area (Å²) >= 11 is 0. The monoisotopic (exact) mass is 266 g/mol. The van der Waals surface area contributed by atoms with Crippen molar-refractivity contribution >= 4 is 5.91 Å². The van der Waals surface area contributed by atoms with Crippen molar-refractivity contribution in [1.82, 2.24) is 10.2 Å². The highest BCUT2D eigenvalue weighted by Gasteiger charge is 2.35. The number of amides is 1. The molecule has 20 heavy (non-hydrogen) atoms. The predicted octanol–water partition coefficient (Wildman–Crippen LogP) is 2.21. The number of nitrogens with one attached hydrogen (secondary N) is 1. The van der Waals surface area contributed by atoms with E-state index in [1.165, 1.54) is 11.1 Å². The van der Waals surface area contributed by atoms with Crippen LogP contribution in [0.1, 0.15) is 17.0 Å². The highest BCUT2D eigenvalue weighted by molar-refractivity contribution is 5.80. The van der Waals surface area contributed by atoms with Gasteiger partial charge in [0.25, 0.3) is 0 Å². The fourth-order valence-corrected chi connectivity index (χ4v) is 2.83. The molecule has 1 N–H and O–H groups in total. The van der Waals surface area contributed by atoms with E-state index in [1.54, 1.807) is 0 Å². The van der Waals surface area contributed by atoms with Crippen LogP contribution in [0.15, 0.2) is 60.7 Å². The summed E-state index contributed by atoms with van der Waals surface area (Å²) in [6.45, 7) is 0.414. The summed E-state index contributed by atoms with van der Waals surface area (Å²) in [4.78, 5) is 13.6. The van der Waals surface area contributed by atoms with Crippen molar-refractivity contribution in [3.05, 3.63) is 71.8 Å². The number of carbonyl (C=O) groups excluding carboxylic acids is 1. The molecule has 0 aromatic heterocycles. The standard InChI is InChI=1S/C17H18N2O/c1-19-15(20)12-18-17(19)16(13-8-4-2-5-9-13)14-10-6-3-7-11-14/h2-11,16-18H,12H2,1H3. The van der Waals surface area contributed by atoms with Crippen LogP contribution in [0.3, 0.4) is 0 Å². The average molecular weight is 266 g/mol. The molecule has 1 fully saturated rings. The van der Waals surface area contributed by atoms with Crippen LogP contribution in [-0.2, 0) is 4.79 Å². The average Bonchev–Trinajstić information content (AvgIpc) is 2.82. The molecule has 1 amide bonds. The Hall–Kier alpha value is -2.13. The fourth-order valence-electron chi connectivity index (χ4n) is 2.83. The lowest BCUT2D eigenvalue weighted by molar-refractivity contribution is -0.126. The van der Waals surface area contributed by atoms with E-state index in [9.17, 15) is 4.79 Å². The van der Waals surface area contributed by atoms with E-state index in [-0.39, 0.29) is 18.0 Å².